The van der Waals surface area contributed by atoms with Gasteiger partial charge in [-0.2, -0.15) is 0 Å². The lowest BCUT2D eigenvalue weighted by Gasteiger charge is -2.07. The van der Waals surface area contributed by atoms with Crippen molar-refractivity contribution in [2.24, 2.45) is 0 Å². The molecule has 0 saturated heterocycles. The van der Waals surface area contributed by atoms with Gasteiger partial charge in [0.2, 0.25) is 0 Å². The summed E-state index contributed by atoms with van der Waals surface area (Å²) in [7, 11) is 0. The summed E-state index contributed by atoms with van der Waals surface area (Å²) in [6.07, 6.45) is 0. The molecule has 0 radical (unpaired) electrons. The first-order chi connectivity index (χ1) is 12.1. The van der Waals surface area contributed by atoms with E-state index < -0.39 is 5.91 Å². The smallest absolute Gasteiger partial charge is 0.291 e. The topological polar surface area (TPSA) is 71.3 Å². The maximum absolute atomic E-state index is 12.1. The molecule has 3 rings (SSSR count). The Balaban J connectivity index is 1.58. The van der Waals surface area contributed by atoms with Gasteiger partial charge in [-0.3, -0.25) is 9.59 Å². The van der Waals surface area contributed by atoms with Gasteiger partial charge in [0, 0.05) is 17.8 Å². The van der Waals surface area contributed by atoms with Crippen molar-refractivity contribution in [2.45, 2.75) is 6.54 Å². The summed E-state index contributed by atoms with van der Waals surface area (Å²) in [5.41, 5.74) is 2.09. The Labute approximate surface area is 149 Å². The molecule has 2 aromatic carbocycles. The van der Waals surface area contributed by atoms with Crippen LogP contribution in [0.15, 0.2) is 71.1 Å². The Morgan fingerprint density at radius 3 is 2.24 bits per heavy atom. The van der Waals surface area contributed by atoms with E-state index in [4.69, 9.17) is 16.0 Å². The number of nitrogens with one attached hydrogen (secondary N) is 2. The normalized spacial score (nSPS) is 10.3. The Morgan fingerprint density at radius 2 is 1.60 bits per heavy atom. The fourth-order valence-electron chi connectivity index (χ4n) is 2.21. The highest BCUT2D eigenvalue weighted by Gasteiger charge is 2.11. The van der Waals surface area contributed by atoms with Crippen molar-refractivity contribution in [3.63, 3.8) is 0 Å². The first-order valence-corrected chi connectivity index (χ1v) is 7.98. The fourth-order valence-corrected chi connectivity index (χ4v) is 2.36. The monoisotopic (exact) mass is 354 g/mol. The average molecular weight is 355 g/mol. The first-order valence-electron chi connectivity index (χ1n) is 7.61. The molecule has 0 atom stereocenters. The largest absolute Gasteiger partial charge is 0.440 e. The second-order valence-electron chi connectivity index (χ2n) is 5.30. The van der Waals surface area contributed by atoms with Crippen LogP contribution >= 0.6 is 11.6 Å². The Kier molecular flexibility index (Phi) is 5.16. The summed E-state index contributed by atoms with van der Waals surface area (Å²) in [5.74, 6) is -0.470. The van der Waals surface area contributed by atoms with Crippen LogP contribution in [0.1, 0.15) is 26.5 Å². The third-order valence-corrected chi connectivity index (χ3v) is 3.70. The van der Waals surface area contributed by atoms with Crippen molar-refractivity contribution in [3.05, 3.63) is 88.8 Å². The molecule has 0 aliphatic rings. The SMILES string of the molecule is O=C(NCc1ccccc1)c1ccc(NC(=O)c2ccc(Cl)o2)cc1. The van der Waals surface area contributed by atoms with Crippen molar-refractivity contribution >= 4 is 29.1 Å². The van der Waals surface area contributed by atoms with Crippen molar-refractivity contribution in [3.8, 4) is 0 Å². The van der Waals surface area contributed by atoms with Crippen molar-refractivity contribution in [1.29, 1.82) is 0 Å². The van der Waals surface area contributed by atoms with E-state index in [0.717, 1.165) is 5.56 Å². The Bertz CT molecular complexity index is 873. The van der Waals surface area contributed by atoms with E-state index in [1.807, 2.05) is 30.3 Å². The van der Waals surface area contributed by atoms with E-state index in [9.17, 15) is 9.59 Å². The van der Waals surface area contributed by atoms with E-state index >= 15 is 0 Å². The zero-order valence-electron chi connectivity index (χ0n) is 13.2. The van der Waals surface area contributed by atoms with Crippen LogP contribution in [0.2, 0.25) is 5.22 Å². The van der Waals surface area contributed by atoms with Gasteiger partial charge in [0.1, 0.15) is 0 Å². The molecule has 5 nitrogen and oxygen atoms in total. The molecule has 0 fully saturated rings. The van der Waals surface area contributed by atoms with E-state index in [1.54, 1.807) is 24.3 Å². The number of amides is 2. The molecule has 126 valence electrons. The van der Waals surface area contributed by atoms with Crippen LogP contribution in [-0.4, -0.2) is 11.8 Å². The predicted octanol–water partition coefficient (Wildman–Crippen LogP) is 4.12. The molecule has 2 N–H and O–H groups in total. The highest BCUT2D eigenvalue weighted by molar-refractivity contribution is 6.29. The molecule has 1 aromatic heterocycles. The number of benzene rings is 2. The average Bonchev–Trinajstić information content (AvgIpc) is 3.08. The molecule has 1 heterocycles. The Morgan fingerprint density at radius 1 is 0.880 bits per heavy atom. The van der Waals surface area contributed by atoms with Gasteiger partial charge in [-0.15, -0.1) is 0 Å². The maximum Gasteiger partial charge on any atom is 0.291 e. The summed E-state index contributed by atoms with van der Waals surface area (Å²) < 4.78 is 5.04. The summed E-state index contributed by atoms with van der Waals surface area (Å²) in [4.78, 5) is 24.1. The molecule has 0 spiro atoms. The molecule has 0 aliphatic heterocycles. The highest BCUT2D eigenvalue weighted by Crippen LogP contribution is 2.16. The first kappa shape index (κ1) is 16.8. The zero-order chi connectivity index (χ0) is 17.6. The summed E-state index contributed by atoms with van der Waals surface area (Å²) in [6, 6.07) is 19.2. The lowest BCUT2D eigenvalue weighted by atomic mass is 10.1. The number of hydrogen-bond donors (Lipinski definition) is 2. The highest BCUT2D eigenvalue weighted by atomic mass is 35.5. The second kappa shape index (κ2) is 7.68. The van der Waals surface area contributed by atoms with Crippen LogP contribution in [0.4, 0.5) is 5.69 Å². The van der Waals surface area contributed by atoms with Crippen molar-refractivity contribution in [1.82, 2.24) is 5.32 Å². The molecule has 0 bridgehead atoms. The summed E-state index contributed by atoms with van der Waals surface area (Å²) in [6.45, 7) is 0.456. The standard InChI is InChI=1S/C19H15ClN2O3/c20-17-11-10-16(25-17)19(24)22-15-8-6-14(7-9-15)18(23)21-12-13-4-2-1-3-5-13/h1-11H,12H2,(H,21,23)(H,22,24). The van der Waals surface area contributed by atoms with Crippen LogP contribution in [0.25, 0.3) is 0 Å². The van der Waals surface area contributed by atoms with Crippen LogP contribution in [-0.2, 0) is 6.54 Å². The van der Waals surface area contributed by atoms with Crippen molar-refractivity contribution in [2.75, 3.05) is 5.32 Å². The molecule has 0 saturated carbocycles. The molecule has 0 aliphatic carbocycles. The van der Waals surface area contributed by atoms with E-state index in [-0.39, 0.29) is 16.9 Å². The third-order valence-electron chi connectivity index (χ3n) is 3.50. The molecule has 3 aromatic rings. The van der Waals surface area contributed by atoms with Gasteiger partial charge in [0.15, 0.2) is 11.0 Å². The second-order valence-corrected chi connectivity index (χ2v) is 5.68. The number of hydrogen-bond acceptors (Lipinski definition) is 3. The van der Waals surface area contributed by atoms with Gasteiger partial charge in [0.25, 0.3) is 11.8 Å². The number of carbonyl (C=O) groups is 2. The maximum atomic E-state index is 12.1. The van der Waals surface area contributed by atoms with E-state index in [2.05, 4.69) is 10.6 Å². The van der Waals surface area contributed by atoms with Crippen LogP contribution in [0, 0.1) is 0 Å². The van der Waals surface area contributed by atoms with Gasteiger partial charge >= 0.3 is 0 Å². The van der Waals surface area contributed by atoms with E-state index in [1.165, 1.54) is 12.1 Å². The molecule has 2 amide bonds. The minimum Gasteiger partial charge on any atom is -0.440 e. The number of anilines is 1. The summed E-state index contributed by atoms with van der Waals surface area (Å²) >= 11 is 5.65. The number of rotatable bonds is 5. The van der Waals surface area contributed by atoms with Crippen LogP contribution in [0.3, 0.4) is 0 Å². The van der Waals surface area contributed by atoms with Gasteiger partial charge in [-0.25, -0.2) is 0 Å². The molecule has 6 heteroatoms. The number of halogens is 1. The quantitative estimate of drug-likeness (QED) is 0.724. The van der Waals surface area contributed by atoms with Crippen LogP contribution in [0.5, 0.6) is 0 Å². The lowest BCUT2D eigenvalue weighted by Crippen LogP contribution is -2.22. The minimum absolute atomic E-state index is 0.120. The molecule has 25 heavy (non-hydrogen) atoms. The van der Waals surface area contributed by atoms with Gasteiger partial charge in [-0.05, 0) is 53.6 Å². The zero-order valence-corrected chi connectivity index (χ0v) is 13.9. The fraction of sp³-hybridized carbons (Fsp3) is 0.0526. The predicted molar refractivity (Wildman–Crippen MR) is 95.7 cm³/mol. The van der Waals surface area contributed by atoms with Crippen molar-refractivity contribution < 1.29 is 14.0 Å². The molecular weight excluding hydrogens is 340 g/mol. The summed E-state index contributed by atoms with van der Waals surface area (Å²) in [5, 5.41) is 5.67. The van der Waals surface area contributed by atoms with Gasteiger partial charge < -0.3 is 15.1 Å². The van der Waals surface area contributed by atoms with Gasteiger partial charge in [-0.1, -0.05) is 30.3 Å². The molecular formula is C19H15ClN2O3. The van der Waals surface area contributed by atoms with E-state index in [0.29, 0.717) is 17.8 Å². The Hall–Kier alpha value is -3.05. The number of furan rings is 1. The number of carbonyl (C=O) groups excluding carboxylic acids is 2. The third kappa shape index (κ3) is 4.49. The van der Waals surface area contributed by atoms with Gasteiger partial charge in [0.05, 0.1) is 0 Å². The minimum atomic E-state index is -0.409. The molecule has 0 unspecified atom stereocenters. The van der Waals surface area contributed by atoms with Crippen LogP contribution < -0.4 is 10.6 Å². The lowest BCUT2D eigenvalue weighted by molar-refractivity contribution is 0.0950.